The largest absolute Gasteiger partial charge is 0.348 e. The summed E-state index contributed by atoms with van der Waals surface area (Å²) in [6.07, 6.45) is 2.83. The molecule has 0 saturated heterocycles. The first-order chi connectivity index (χ1) is 7.45. The molecule has 0 bridgehead atoms. The Labute approximate surface area is 88.6 Å². The highest BCUT2D eigenvalue weighted by Crippen LogP contribution is 2.25. The minimum atomic E-state index is 0.251. The Morgan fingerprint density at radius 1 is 1.20 bits per heavy atom. The summed E-state index contributed by atoms with van der Waals surface area (Å²) in [5.74, 6) is 0. The van der Waals surface area contributed by atoms with Gasteiger partial charge in [0.2, 0.25) is 0 Å². The Balaban J connectivity index is 2.03. The third kappa shape index (κ3) is 1.45. The van der Waals surface area contributed by atoms with E-state index >= 15 is 0 Å². The number of benzene rings is 1. The van der Waals surface area contributed by atoms with E-state index in [1.807, 2.05) is 6.07 Å². The lowest BCUT2D eigenvalue weighted by atomic mass is 9.98. The average molecular weight is 199 g/mol. The van der Waals surface area contributed by atoms with Gasteiger partial charge in [0, 0.05) is 18.7 Å². The first-order valence-corrected chi connectivity index (χ1v) is 5.25. The van der Waals surface area contributed by atoms with E-state index < -0.39 is 0 Å². The van der Waals surface area contributed by atoms with Crippen LogP contribution in [0.1, 0.15) is 23.0 Å². The van der Waals surface area contributed by atoms with E-state index in [9.17, 15) is 0 Å². The first-order valence-electron chi connectivity index (χ1n) is 5.25. The van der Waals surface area contributed by atoms with Gasteiger partial charge in [-0.25, -0.2) is 4.98 Å². The molecular formula is C12H13N3. The van der Waals surface area contributed by atoms with E-state index in [0.717, 1.165) is 18.7 Å². The molecule has 2 aromatic rings. The Morgan fingerprint density at radius 3 is 2.93 bits per heavy atom. The molecule has 0 unspecified atom stereocenters. The quantitative estimate of drug-likeness (QED) is 0.733. The average Bonchev–Trinajstić information content (AvgIpc) is 2.78. The molecule has 3 nitrogen and oxygen atoms in total. The summed E-state index contributed by atoms with van der Waals surface area (Å²) in [5, 5.41) is 3.50. The minimum absolute atomic E-state index is 0.251. The van der Waals surface area contributed by atoms with E-state index in [-0.39, 0.29) is 6.04 Å². The van der Waals surface area contributed by atoms with E-state index in [2.05, 4.69) is 39.6 Å². The van der Waals surface area contributed by atoms with Gasteiger partial charge in [-0.2, -0.15) is 0 Å². The van der Waals surface area contributed by atoms with Crippen molar-refractivity contribution in [3.05, 3.63) is 53.6 Å². The fourth-order valence-electron chi connectivity index (χ4n) is 2.14. The molecule has 2 N–H and O–H groups in total. The van der Waals surface area contributed by atoms with E-state index in [1.165, 1.54) is 11.3 Å². The van der Waals surface area contributed by atoms with Gasteiger partial charge in [0.05, 0.1) is 18.1 Å². The number of hydrogen-bond donors (Lipinski definition) is 2. The monoisotopic (exact) mass is 199 g/mol. The third-order valence-corrected chi connectivity index (χ3v) is 2.88. The van der Waals surface area contributed by atoms with Crippen LogP contribution >= 0.6 is 0 Å². The molecule has 0 aliphatic carbocycles. The van der Waals surface area contributed by atoms with Crippen LogP contribution in [0.5, 0.6) is 0 Å². The maximum absolute atomic E-state index is 4.40. The number of nitrogens with one attached hydrogen (secondary N) is 2. The van der Waals surface area contributed by atoms with Gasteiger partial charge >= 0.3 is 0 Å². The number of fused-ring (bicyclic) bond motifs is 1. The summed E-state index contributed by atoms with van der Waals surface area (Å²) < 4.78 is 0. The van der Waals surface area contributed by atoms with Crippen molar-refractivity contribution < 1.29 is 0 Å². The number of nitrogens with zero attached hydrogens (tertiary/aromatic N) is 1. The fourth-order valence-corrected chi connectivity index (χ4v) is 2.14. The van der Waals surface area contributed by atoms with Crippen LogP contribution in [0.4, 0.5) is 0 Å². The van der Waals surface area contributed by atoms with Crippen molar-refractivity contribution in [2.24, 2.45) is 0 Å². The van der Waals surface area contributed by atoms with E-state index in [1.54, 1.807) is 6.33 Å². The highest BCUT2D eigenvalue weighted by molar-refractivity contribution is 5.31. The number of rotatable bonds is 1. The van der Waals surface area contributed by atoms with Crippen molar-refractivity contribution in [1.82, 2.24) is 15.3 Å². The summed E-state index contributed by atoms with van der Waals surface area (Å²) in [6.45, 7) is 1.01. The Kier molecular flexibility index (Phi) is 2.03. The summed E-state index contributed by atoms with van der Waals surface area (Å²) in [5.41, 5.74) is 3.70. The van der Waals surface area contributed by atoms with Crippen molar-refractivity contribution in [2.75, 3.05) is 6.54 Å². The normalized spacial score (nSPS) is 19.9. The van der Waals surface area contributed by atoms with E-state index in [0.29, 0.717) is 0 Å². The van der Waals surface area contributed by atoms with Gasteiger partial charge in [0.15, 0.2) is 0 Å². The zero-order chi connectivity index (χ0) is 10.1. The summed E-state index contributed by atoms with van der Waals surface area (Å²) >= 11 is 0. The van der Waals surface area contributed by atoms with Crippen LogP contribution in [0.3, 0.4) is 0 Å². The molecule has 1 aromatic heterocycles. The van der Waals surface area contributed by atoms with E-state index in [4.69, 9.17) is 0 Å². The standard InChI is InChI=1S/C12H13N3/c1-2-4-9(5-3-1)11-12-10(6-7-13-11)14-8-15-12/h1-5,8,11,13H,6-7H2,(H,14,15)/t11-/m1/s1. The second kappa shape index (κ2) is 3.51. The smallest absolute Gasteiger partial charge is 0.0926 e. The van der Waals surface area contributed by atoms with Gasteiger partial charge in [-0.3, -0.25) is 0 Å². The second-order valence-electron chi connectivity index (χ2n) is 3.81. The molecule has 0 saturated carbocycles. The van der Waals surface area contributed by atoms with Crippen molar-refractivity contribution in [2.45, 2.75) is 12.5 Å². The topological polar surface area (TPSA) is 40.7 Å². The molecule has 1 atom stereocenters. The van der Waals surface area contributed by atoms with Crippen LogP contribution in [-0.4, -0.2) is 16.5 Å². The number of aromatic amines is 1. The molecule has 76 valence electrons. The summed E-state index contributed by atoms with van der Waals surface area (Å²) in [6, 6.07) is 10.7. The van der Waals surface area contributed by atoms with Crippen molar-refractivity contribution >= 4 is 0 Å². The lowest BCUT2D eigenvalue weighted by Crippen LogP contribution is -2.30. The van der Waals surface area contributed by atoms with Crippen molar-refractivity contribution in [1.29, 1.82) is 0 Å². The lowest BCUT2D eigenvalue weighted by Gasteiger charge is -2.23. The SMILES string of the molecule is c1ccc([C@H]2NCCc3[nH]cnc32)cc1. The van der Waals surface area contributed by atoms with Gasteiger partial charge in [0.1, 0.15) is 0 Å². The molecule has 0 fully saturated rings. The third-order valence-electron chi connectivity index (χ3n) is 2.88. The number of aromatic nitrogens is 2. The predicted molar refractivity (Wildman–Crippen MR) is 58.6 cm³/mol. The summed E-state index contributed by atoms with van der Waals surface area (Å²) in [4.78, 5) is 7.60. The van der Waals surface area contributed by atoms with Gasteiger partial charge in [-0.05, 0) is 5.56 Å². The highest BCUT2D eigenvalue weighted by atomic mass is 15.0. The molecule has 3 heteroatoms. The van der Waals surface area contributed by atoms with Gasteiger partial charge in [0.25, 0.3) is 0 Å². The lowest BCUT2D eigenvalue weighted by molar-refractivity contribution is 0.553. The molecule has 0 amide bonds. The van der Waals surface area contributed by atoms with Crippen LogP contribution in [0.25, 0.3) is 0 Å². The maximum atomic E-state index is 4.40. The fraction of sp³-hybridized carbons (Fsp3) is 0.250. The Morgan fingerprint density at radius 2 is 2.07 bits per heavy atom. The van der Waals surface area contributed by atoms with Gasteiger partial charge in [-0.15, -0.1) is 0 Å². The molecule has 0 radical (unpaired) electrons. The summed E-state index contributed by atoms with van der Waals surface area (Å²) in [7, 11) is 0. The molecule has 0 spiro atoms. The van der Waals surface area contributed by atoms with Crippen LogP contribution in [0.2, 0.25) is 0 Å². The molecule has 1 aromatic carbocycles. The first kappa shape index (κ1) is 8.68. The molecular weight excluding hydrogens is 186 g/mol. The zero-order valence-electron chi connectivity index (χ0n) is 8.40. The maximum Gasteiger partial charge on any atom is 0.0926 e. The number of imidazole rings is 1. The predicted octanol–water partition coefficient (Wildman–Crippen LogP) is 1.64. The molecule has 2 heterocycles. The molecule has 15 heavy (non-hydrogen) atoms. The van der Waals surface area contributed by atoms with Crippen LogP contribution < -0.4 is 5.32 Å². The van der Waals surface area contributed by atoms with Crippen molar-refractivity contribution in [3.63, 3.8) is 0 Å². The number of hydrogen-bond acceptors (Lipinski definition) is 2. The van der Waals surface area contributed by atoms with Crippen LogP contribution in [0.15, 0.2) is 36.7 Å². The van der Waals surface area contributed by atoms with Crippen molar-refractivity contribution in [3.8, 4) is 0 Å². The second-order valence-corrected chi connectivity index (χ2v) is 3.81. The molecule has 1 aliphatic heterocycles. The zero-order valence-corrected chi connectivity index (χ0v) is 8.40. The van der Waals surface area contributed by atoms with Gasteiger partial charge < -0.3 is 10.3 Å². The Hall–Kier alpha value is -1.61. The molecule has 3 rings (SSSR count). The minimum Gasteiger partial charge on any atom is -0.348 e. The van der Waals surface area contributed by atoms with Crippen LogP contribution in [-0.2, 0) is 6.42 Å². The Bertz CT molecular complexity index is 447. The highest BCUT2D eigenvalue weighted by Gasteiger charge is 2.22. The number of H-pyrrole nitrogens is 1. The van der Waals surface area contributed by atoms with Crippen LogP contribution in [0, 0.1) is 0 Å². The van der Waals surface area contributed by atoms with Gasteiger partial charge in [-0.1, -0.05) is 30.3 Å². The molecule has 1 aliphatic rings.